The van der Waals surface area contributed by atoms with Crippen molar-refractivity contribution in [1.29, 1.82) is 0 Å². The monoisotopic (exact) mass is 308 g/mol. The van der Waals surface area contributed by atoms with Crippen molar-refractivity contribution < 1.29 is 19.4 Å². The van der Waals surface area contributed by atoms with Crippen LogP contribution in [-0.2, 0) is 9.53 Å². The maximum atomic E-state index is 11.8. The van der Waals surface area contributed by atoms with Gasteiger partial charge in [-0.15, -0.1) is 0 Å². The summed E-state index contributed by atoms with van der Waals surface area (Å²) in [5, 5.41) is 9.79. The molecule has 1 aromatic rings. The van der Waals surface area contributed by atoms with E-state index in [-0.39, 0.29) is 19.2 Å². The zero-order valence-corrected chi connectivity index (χ0v) is 13.7. The van der Waals surface area contributed by atoms with E-state index < -0.39 is 6.10 Å². The van der Waals surface area contributed by atoms with Gasteiger partial charge in [0, 0.05) is 6.42 Å². The molecule has 0 heterocycles. The highest BCUT2D eigenvalue weighted by molar-refractivity contribution is 5.69. The lowest BCUT2D eigenvalue weighted by Crippen LogP contribution is -2.25. The molecule has 1 N–H and O–H groups in total. The molecule has 2 atom stereocenters. The summed E-state index contributed by atoms with van der Waals surface area (Å²) in [6.07, 6.45) is 3.94. The molecule has 22 heavy (non-hydrogen) atoms. The Bertz CT molecular complexity index is 405. The molecule has 0 bridgehead atoms. The molecule has 0 saturated heterocycles. The molecule has 0 spiro atoms. The molecule has 0 aromatic heterocycles. The van der Waals surface area contributed by atoms with E-state index in [9.17, 15) is 9.90 Å². The maximum Gasteiger partial charge on any atom is 0.306 e. The molecule has 1 aromatic carbocycles. The maximum absolute atomic E-state index is 11.8. The molecule has 124 valence electrons. The molecule has 0 aliphatic carbocycles. The van der Waals surface area contributed by atoms with Crippen LogP contribution in [0.15, 0.2) is 30.3 Å². The number of unbranched alkanes of at least 4 members (excludes halogenated alkanes) is 1. The van der Waals surface area contributed by atoms with Gasteiger partial charge in [0.15, 0.2) is 0 Å². The van der Waals surface area contributed by atoms with Gasteiger partial charge in [-0.2, -0.15) is 0 Å². The zero-order chi connectivity index (χ0) is 16.2. The average molecular weight is 308 g/mol. The van der Waals surface area contributed by atoms with Gasteiger partial charge in [0.1, 0.15) is 25.1 Å². The van der Waals surface area contributed by atoms with Crippen molar-refractivity contribution in [3.8, 4) is 5.75 Å². The quantitative estimate of drug-likeness (QED) is 0.635. The van der Waals surface area contributed by atoms with Gasteiger partial charge in [-0.25, -0.2) is 0 Å². The van der Waals surface area contributed by atoms with Crippen LogP contribution in [0.3, 0.4) is 0 Å². The van der Waals surface area contributed by atoms with Crippen LogP contribution in [0.25, 0.3) is 0 Å². The number of ether oxygens (including phenoxy) is 2. The fraction of sp³-hybridized carbons (Fsp3) is 0.611. The smallest absolute Gasteiger partial charge is 0.306 e. The van der Waals surface area contributed by atoms with Crippen LogP contribution in [0.2, 0.25) is 0 Å². The van der Waals surface area contributed by atoms with E-state index in [4.69, 9.17) is 9.47 Å². The highest BCUT2D eigenvalue weighted by atomic mass is 16.5. The molecule has 0 amide bonds. The van der Waals surface area contributed by atoms with Gasteiger partial charge in [-0.3, -0.25) is 4.79 Å². The third-order valence-corrected chi connectivity index (χ3v) is 3.62. The minimum absolute atomic E-state index is 0.0180. The Labute approximate surface area is 133 Å². The highest BCUT2D eigenvalue weighted by Crippen LogP contribution is 2.17. The molecule has 2 unspecified atom stereocenters. The summed E-state index contributed by atoms with van der Waals surface area (Å²) >= 11 is 0. The summed E-state index contributed by atoms with van der Waals surface area (Å²) in [6.45, 7) is 4.34. The number of esters is 1. The van der Waals surface area contributed by atoms with Crippen LogP contribution in [0, 0.1) is 5.92 Å². The second kappa shape index (κ2) is 11.1. The largest absolute Gasteiger partial charge is 0.491 e. The Morgan fingerprint density at radius 2 is 1.91 bits per heavy atom. The topological polar surface area (TPSA) is 55.8 Å². The van der Waals surface area contributed by atoms with Crippen molar-refractivity contribution in [1.82, 2.24) is 0 Å². The Morgan fingerprint density at radius 3 is 2.55 bits per heavy atom. The standard InChI is InChI=1S/C18H28O4/c1-3-5-9-15(4-2)12-18(20)22-14-16(19)13-21-17-10-7-6-8-11-17/h6-8,10-11,15-16,19H,3-5,9,12-14H2,1-2H3. The predicted octanol–water partition coefficient (Wildman–Crippen LogP) is 3.58. The SMILES string of the molecule is CCCCC(CC)CC(=O)OCC(O)COc1ccccc1. The van der Waals surface area contributed by atoms with E-state index in [1.165, 1.54) is 0 Å². The van der Waals surface area contributed by atoms with Crippen molar-refractivity contribution in [3.63, 3.8) is 0 Å². The first-order valence-electron chi connectivity index (χ1n) is 8.17. The molecule has 4 heteroatoms. The normalized spacial score (nSPS) is 13.4. The number of para-hydroxylation sites is 1. The van der Waals surface area contributed by atoms with Gasteiger partial charge >= 0.3 is 5.97 Å². The van der Waals surface area contributed by atoms with Crippen LogP contribution < -0.4 is 4.74 Å². The number of hydrogen-bond acceptors (Lipinski definition) is 4. The summed E-state index contributed by atoms with van der Waals surface area (Å²) in [4.78, 5) is 11.8. The van der Waals surface area contributed by atoms with Crippen molar-refractivity contribution in [2.45, 2.75) is 52.1 Å². The summed E-state index contributed by atoms with van der Waals surface area (Å²) in [5.74, 6) is 0.838. The zero-order valence-electron chi connectivity index (χ0n) is 13.7. The lowest BCUT2D eigenvalue weighted by Gasteiger charge is -2.15. The molecule has 0 saturated carbocycles. The Kier molecular flexibility index (Phi) is 9.31. The molecule has 0 aliphatic heterocycles. The first-order chi connectivity index (χ1) is 10.7. The van der Waals surface area contributed by atoms with E-state index in [1.807, 2.05) is 30.3 Å². The molecule has 0 aliphatic rings. The van der Waals surface area contributed by atoms with Crippen LogP contribution in [0.4, 0.5) is 0 Å². The van der Waals surface area contributed by atoms with Crippen molar-refractivity contribution in [2.24, 2.45) is 5.92 Å². The molecular formula is C18H28O4. The first-order valence-corrected chi connectivity index (χ1v) is 8.17. The molecular weight excluding hydrogens is 280 g/mol. The van der Waals surface area contributed by atoms with Gasteiger partial charge < -0.3 is 14.6 Å². The van der Waals surface area contributed by atoms with Crippen LogP contribution in [0.5, 0.6) is 5.75 Å². The fourth-order valence-corrected chi connectivity index (χ4v) is 2.18. The van der Waals surface area contributed by atoms with Gasteiger partial charge in [0.25, 0.3) is 0 Å². The minimum Gasteiger partial charge on any atom is -0.491 e. The van der Waals surface area contributed by atoms with Crippen molar-refractivity contribution in [2.75, 3.05) is 13.2 Å². The van der Waals surface area contributed by atoms with E-state index in [2.05, 4.69) is 13.8 Å². The summed E-state index contributed by atoms with van der Waals surface area (Å²) in [7, 11) is 0. The van der Waals surface area contributed by atoms with Gasteiger partial charge in [0.05, 0.1) is 0 Å². The predicted molar refractivity (Wildman–Crippen MR) is 86.8 cm³/mol. The number of rotatable bonds is 11. The van der Waals surface area contributed by atoms with Crippen molar-refractivity contribution >= 4 is 5.97 Å². The van der Waals surface area contributed by atoms with Crippen LogP contribution in [-0.4, -0.2) is 30.4 Å². The van der Waals surface area contributed by atoms with E-state index in [1.54, 1.807) is 0 Å². The fourth-order valence-electron chi connectivity index (χ4n) is 2.18. The van der Waals surface area contributed by atoms with E-state index in [0.717, 1.165) is 25.7 Å². The highest BCUT2D eigenvalue weighted by Gasteiger charge is 2.15. The number of aliphatic hydroxyl groups is 1. The molecule has 0 fully saturated rings. The second-order valence-electron chi connectivity index (χ2n) is 5.58. The van der Waals surface area contributed by atoms with Crippen molar-refractivity contribution in [3.05, 3.63) is 30.3 Å². The second-order valence-corrected chi connectivity index (χ2v) is 5.58. The number of hydrogen-bond donors (Lipinski definition) is 1. The lowest BCUT2D eigenvalue weighted by molar-refractivity contribution is -0.148. The number of aliphatic hydroxyl groups excluding tert-OH is 1. The number of benzene rings is 1. The molecule has 4 nitrogen and oxygen atoms in total. The van der Waals surface area contributed by atoms with E-state index >= 15 is 0 Å². The first kappa shape index (κ1) is 18.5. The number of carbonyl (C=O) groups excluding carboxylic acids is 1. The van der Waals surface area contributed by atoms with Gasteiger partial charge in [0.2, 0.25) is 0 Å². The molecule has 0 radical (unpaired) electrons. The van der Waals surface area contributed by atoms with E-state index in [0.29, 0.717) is 18.1 Å². The van der Waals surface area contributed by atoms with Crippen LogP contribution >= 0.6 is 0 Å². The number of carbonyl (C=O) groups is 1. The minimum atomic E-state index is -0.806. The van der Waals surface area contributed by atoms with Gasteiger partial charge in [-0.05, 0) is 24.5 Å². The average Bonchev–Trinajstić information content (AvgIpc) is 2.55. The lowest BCUT2D eigenvalue weighted by atomic mass is 9.96. The Balaban J connectivity index is 2.19. The Morgan fingerprint density at radius 1 is 1.18 bits per heavy atom. The van der Waals surface area contributed by atoms with Gasteiger partial charge in [-0.1, -0.05) is 51.3 Å². The third-order valence-electron chi connectivity index (χ3n) is 3.62. The summed E-state index contributed by atoms with van der Waals surface area (Å²) in [5.41, 5.74) is 0. The molecule has 1 rings (SSSR count). The summed E-state index contributed by atoms with van der Waals surface area (Å²) < 4.78 is 10.5. The summed E-state index contributed by atoms with van der Waals surface area (Å²) in [6, 6.07) is 9.26. The van der Waals surface area contributed by atoms with Crippen LogP contribution in [0.1, 0.15) is 46.0 Å². The third kappa shape index (κ3) is 8.03. The Hall–Kier alpha value is -1.55.